The lowest BCUT2D eigenvalue weighted by molar-refractivity contribution is -0.136. The topological polar surface area (TPSA) is 138 Å². The van der Waals surface area contributed by atoms with Gasteiger partial charge in [0.1, 0.15) is 11.7 Å². The van der Waals surface area contributed by atoms with Crippen LogP contribution in [0.2, 0.25) is 0 Å². The summed E-state index contributed by atoms with van der Waals surface area (Å²) in [6.45, 7) is 0.735. The van der Waals surface area contributed by atoms with Crippen molar-refractivity contribution < 1.29 is 24.0 Å². The molecule has 37 heavy (non-hydrogen) atoms. The van der Waals surface area contributed by atoms with Gasteiger partial charge in [-0.1, -0.05) is 36.4 Å². The number of carbonyl (C=O) groups is 5. The maximum atomic E-state index is 13.2. The Hall–Kier alpha value is -4.86. The molecule has 3 heterocycles. The van der Waals surface area contributed by atoms with Crippen molar-refractivity contribution in [3.63, 3.8) is 0 Å². The molecule has 10 nitrogen and oxygen atoms in total. The molecule has 3 aromatic rings. The highest BCUT2D eigenvalue weighted by Crippen LogP contribution is 2.32. The highest BCUT2D eigenvalue weighted by Gasteiger charge is 2.45. The van der Waals surface area contributed by atoms with Crippen molar-refractivity contribution in [2.24, 2.45) is 0 Å². The number of anilines is 1. The summed E-state index contributed by atoms with van der Waals surface area (Å²) in [6.07, 6.45) is 1.74. The van der Waals surface area contributed by atoms with Crippen molar-refractivity contribution in [1.29, 1.82) is 0 Å². The zero-order valence-electron chi connectivity index (χ0n) is 19.7. The summed E-state index contributed by atoms with van der Waals surface area (Å²) in [4.78, 5) is 67.1. The maximum Gasteiger partial charge on any atom is 0.270 e. The number of nitrogens with zero attached hydrogens (tertiary/aromatic N) is 2. The molecule has 0 saturated carbocycles. The highest BCUT2D eigenvalue weighted by atomic mass is 16.2. The molecule has 1 aromatic heterocycles. The molecule has 186 valence electrons. The molecule has 5 rings (SSSR count). The van der Waals surface area contributed by atoms with E-state index in [-0.39, 0.29) is 29.9 Å². The molecule has 2 aliphatic heterocycles. The van der Waals surface area contributed by atoms with E-state index in [2.05, 4.69) is 20.9 Å². The van der Waals surface area contributed by atoms with Gasteiger partial charge in [-0.2, -0.15) is 0 Å². The Balaban J connectivity index is 1.23. The number of piperidine rings is 1. The van der Waals surface area contributed by atoms with Gasteiger partial charge in [0.05, 0.1) is 11.1 Å². The average molecular weight is 498 g/mol. The first-order valence-electron chi connectivity index (χ1n) is 11.8. The van der Waals surface area contributed by atoms with Crippen molar-refractivity contribution >= 4 is 35.2 Å². The van der Waals surface area contributed by atoms with Crippen LogP contribution in [0.5, 0.6) is 0 Å². The average Bonchev–Trinajstić information content (AvgIpc) is 3.17. The smallest absolute Gasteiger partial charge is 0.270 e. The third-order valence-corrected chi connectivity index (χ3v) is 6.32. The monoisotopic (exact) mass is 497 g/mol. The third kappa shape index (κ3) is 4.81. The third-order valence-electron chi connectivity index (χ3n) is 6.32. The molecule has 2 aliphatic rings. The van der Waals surface area contributed by atoms with Gasteiger partial charge in [0, 0.05) is 31.4 Å². The van der Waals surface area contributed by atoms with Gasteiger partial charge < -0.3 is 10.6 Å². The number of hydrogen-bond acceptors (Lipinski definition) is 7. The van der Waals surface area contributed by atoms with Crippen LogP contribution >= 0.6 is 0 Å². The minimum atomic E-state index is -1.01. The lowest BCUT2D eigenvalue weighted by Gasteiger charge is -2.27. The van der Waals surface area contributed by atoms with E-state index in [1.807, 2.05) is 24.3 Å². The fourth-order valence-electron chi connectivity index (χ4n) is 4.40. The van der Waals surface area contributed by atoms with Gasteiger partial charge in [0.25, 0.3) is 17.7 Å². The molecule has 5 amide bonds. The van der Waals surface area contributed by atoms with Crippen LogP contribution in [0.4, 0.5) is 5.69 Å². The SMILES string of the molecule is O=C1CCC(N2C(=O)c3cccc(NCc4ccc(CNC(=O)c5ccccn5)cc4)c3C2=O)C(=O)N1. The molecule has 1 atom stereocenters. The first-order valence-corrected chi connectivity index (χ1v) is 11.8. The Morgan fingerprint density at radius 3 is 2.38 bits per heavy atom. The van der Waals surface area contributed by atoms with Crippen LogP contribution in [0, 0.1) is 0 Å². The van der Waals surface area contributed by atoms with Gasteiger partial charge in [-0.05, 0) is 41.8 Å². The second kappa shape index (κ2) is 10.0. The van der Waals surface area contributed by atoms with Crippen molar-refractivity contribution in [2.75, 3.05) is 5.32 Å². The van der Waals surface area contributed by atoms with E-state index >= 15 is 0 Å². The Bertz CT molecular complexity index is 1400. The first kappa shape index (κ1) is 23.9. The van der Waals surface area contributed by atoms with E-state index in [4.69, 9.17) is 0 Å². The Labute approximate surface area is 212 Å². The van der Waals surface area contributed by atoms with Crippen LogP contribution in [-0.2, 0) is 22.7 Å². The van der Waals surface area contributed by atoms with Crippen LogP contribution in [-0.4, -0.2) is 45.5 Å². The fraction of sp³-hybridized carbons (Fsp3) is 0.185. The summed E-state index contributed by atoms with van der Waals surface area (Å²) in [5, 5.41) is 8.24. The molecule has 0 bridgehead atoms. The zero-order valence-corrected chi connectivity index (χ0v) is 19.7. The van der Waals surface area contributed by atoms with Crippen LogP contribution in [0.3, 0.4) is 0 Å². The molecule has 2 aromatic carbocycles. The zero-order chi connectivity index (χ0) is 25.9. The molecule has 10 heteroatoms. The number of amides is 5. The largest absolute Gasteiger partial charge is 0.380 e. The molecular formula is C27H23N5O5. The predicted molar refractivity (Wildman–Crippen MR) is 132 cm³/mol. The summed E-state index contributed by atoms with van der Waals surface area (Å²) in [5.74, 6) is -2.42. The van der Waals surface area contributed by atoms with E-state index in [1.54, 1.807) is 42.6 Å². The van der Waals surface area contributed by atoms with Crippen molar-refractivity contribution in [3.8, 4) is 0 Å². The van der Waals surface area contributed by atoms with Crippen LogP contribution in [0.1, 0.15) is 55.2 Å². The number of aromatic nitrogens is 1. The number of benzene rings is 2. The lowest BCUT2D eigenvalue weighted by Crippen LogP contribution is -2.54. The van der Waals surface area contributed by atoms with Gasteiger partial charge in [-0.3, -0.25) is 39.2 Å². The summed E-state index contributed by atoms with van der Waals surface area (Å²) in [5.41, 5.74) is 3.11. The van der Waals surface area contributed by atoms with Gasteiger partial charge in [0.2, 0.25) is 11.8 Å². The molecular weight excluding hydrogens is 474 g/mol. The second-order valence-corrected chi connectivity index (χ2v) is 8.74. The molecule has 0 spiro atoms. The standard InChI is InChI=1S/C27H23N5O5/c33-22-12-11-21(25(35)31-22)32-26(36)18-4-3-6-19(23(18)27(32)37)29-14-16-7-9-17(10-8-16)15-30-24(34)20-5-1-2-13-28-20/h1-10,13,21,29H,11-12,14-15H2,(H,30,34)(H,31,33,35). The molecule has 1 fully saturated rings. The lowest BCUT2D eigenvalue weighted by atomic mass is 10.0. The summed E-state index contributed by atoms with van der Waals surface area (Å²) >= 11 is 0. The van der Waals surface area contributed by atoms with Crippen LogP contribution < -0.4 is 16.0 Å². The van der Waals surface area contributed by atoms with Gasteiger partial charge in [0.15, 0.2) is 0 Å². The Kier molecular flexibility index (Phi) is 6.46. The number of imide groups is 2. The Morgan fingerprint density at radius 2 is 1.68 bits per heavy atom. The van der Waals surface area contributed by atoms with Crippen molar-refractivity contribution in [3.05, 3.63) is 94.8 Å². The number of nitrogens with one attached hydrogen (secondary N) is 3. The summed E-state index contributed by atoms with van der Waals surface area (Å²) in [6, 6.07) is 16.7. The maximum absolute atomic E-state index is 13.2. The summed E-state index contributed by atoms with van der Waals surface area (Å²) in [7, 11) is 0. The number of carbonyl (C=O) groups excluding carboxylic acids is 5. The minimum absolute atomic E-state index is 0.0672. The van der Waals surface area contributed by atoms with Gasteiger partial charge in [-0.25, -0.2) is 0 Å². The van der Waals surface area contributed by atoms with Gasteiger partial charge >= 0.3 is 0 Å². The predicted octanol–water partition coefficient (Wildman–Crippen LogP) is 2.02. The van der Waals surface area contributed by atoms with E-state index in [9.17, 15) is 24.0 Å². The quantitative estimate of drug-likeness (QED) is 0.425. The fourth-order valence-corrected chi connectivity index (χ4v) is 4.40. The highest BCUT2D eigenvalue weighted by molar-refractivity contribution is 6.25. The van der Waals surface area contributed by atoms with Crippen molar-refractivity contribution in [2.45, 2.75) is 32.0 Å². The number of fused-ring (bicyclic) bond motifs is 1. The Morgan fingerprint density at radius 1 is 0.919 bits per heavy atom. The van der Waals surface area contributed by atoms with E-state index < -0.39 is 29.7 Å². The molecule has 3 N–H and O–H groups in total. The van der Waals surface area contributed by atoms with Crippen LogP contribution in [0.15, 0.2) is 66.9 Å². The first-order chi connectivity index (χ1) is 17.9. The van der Waals surface area contributed by atoms with Gasteiger partial charge in [-0.15, -0.1) is 0 Å². The van der Waals surface area contributed by atoms with Crippen LogP contribution in [0.25, 0.3) is 0 Å². The second-order valence-electron chi connectivity index (χ2n) is 8.74. The number of pyridine rings is 1. The van der Waals surface area contributed by atoms with E-state index in [0.29, 0.717) is 24.5 Å². The van der Waals surface area contributed by atoms with Crippen molar-refractivity contribution in [1.82, 2.24) is 20.5 Å². The normalized spacial score (nSPS) is 16.9. The van der Waals surface area contributed by atoms with E-state index in [0.717, 1.165) is 16.0 Å². The number of hydrogen-bond donors (Lipinski definition) is 3. The molecule has 0 aliphatic carbocycles. The molecule has 1 unspecified atom stereocenters. The summed E-state index contributed by atoms with van der Waals surface area (Å²) < 4.78 is 0. The molecule has 1 saturated heterocycles. The molecule has 0 radical (unpaired) electrons. The number of rotatable bonds is 7. The minimum Gasteiger partial charge on any atom is -0.380 e. The van der Waals surface area contributed by atoms with E-state index in [1.165, 1.54) is 0 Å².